The number of nitrogens with zero attached hydrogens (tertiary/aromatic N) is 1. The second-order valence-electron chi connectivity index (χ2n) is 6.55. The number of amides is 1. The molecule has 1 saturated carbocycles. The van der Waals surface area contributed by atoms with E-state index in [1.165, 1.54) is 12.8 Å². The number of para-hydroxylation sites is 1. The summed E-state index contributed by atoms with van der Waals surface area (Å²) in [5.41, 5.74) is 0.528. The summed E-state index contributed by atoms with van der Waals surface area (Å²) < 4.78 is 0. The van der Waals surface area contributed by atoms with Crippen LogP contribution in [0.1, 0.15) is 44.9 Å². The number of hydrogen-bond acceptors (Lipinski definition) is 3. The van der Waals surface area contributed by atoms with Gasteiger partial charge in [0.25, 0.3) is 5.56 Å². The first-order valence-corrected chi connectivity index (χ1v) is 8.39. The van der Waals surface area contributed by atoms with Gasteiger partial charge in [-0.05, 0) is 43.7 Å². The van der Waals surface area contributed by atoms with Gasteiger partial charge in [-0.2, -0.15) is 0 Å². The largest absolute Gasteiger partial charge is 0.353 e. The third-order valence-corrected chi connectivity index (χ3v) is 4.63. The Hall–Kier alpha value is -2.17. The third kappa shape index (κ3) is 3.97. The van der Waals surface area contributed by atoms with Crippen LogP contribution in [0.25, 0.3) is 10.9 Å². The molecule has 1 amide bonds. The van der Waals surface area contributed by atoms with Crippen LogP contribution in [0, 0.1) is 5.92 Å². The summed E-state index contributed by atoms with van der Waals surface area (Å²) in [6, 6.07) is 7.55. The van der Waals surface area contributed by atoms with Gasteiger partial charge >= 0.3 is 0 Å². The molecule has 122 valence electrons. The van der Waals surface area contributed by atoms with Gasteiger partial charge in [0.15, 0.2) is 0 Å². The lowest BCUT2D eigenvalue weighted by molar-refractivity contribution is -0.122. The van der Waals surface area contributed by atoms with Crippen molar-refractivity contribution in [3.63, 3.8) is 0 Å². The highest BCUT2D eigenvalue weighted by molar-refractivity contribution is 5.78. The molecule has 0 spiro atoms. The molecular weight excluding hydrogens is 290 g/mol. The van der Waals surface area contributed by atoms with E-state index in [1.807, 2.05) is 18.2 Å². The van der Waals surface area contributed by atoms with Crippen LogP contribution in [0.15, 0.2) is 29.1 Å². The molecule has 0 aliphatic heterocycles. The van der Waals surface area contributed by atoms with Gasteiger partial charge in [-0.1, -0.05) is 19.1 Å². The zero-order chi connectivity index (χ0) is 16.2. The van der Waals surface area contributed by atoms with Crippen LogP contribution in [0.4, 0.5) is 0 Å². The maximum atomic E-state index is 12.1. The average Bonchev–Trinajstić information content (AvgIpc) is 2.55. The van der Waals surface area contributed by atoms with E-state index in [-0.39, 0.29) is 11.5 Å². The van der Waals surface area contributed by atoms with E-state index in [9.17, 15) is 9.59 Å². The Bertz CT molecular complexity index is 745. The number of fused-ring (bicyclic) bond motifs is 1. The van der Waals surface area contributed by atoms with E-state index < -0.39 is 0 Å². The number of carbonyl (C=O) groups excluding carboxylic acids is 1. The molecule has 1 heterocycles. The summed E-state index contributed by atoms with van der Waals surface area (Å²) in [5, 5.41) is 3.68. The Kier molecular flexibility index (Phi) is 4.74. The topological polar surface area (TPSA) is 74.8 Å². The maximum absolute atomic E-state index is 12.1. The number of hydrogen-bond donors (Lipinski definition) is 2. The number of aryl methyl sites for hydroxylation is 1. The predicted octanol–water partition coefficient (Wildman–Crippen LogP) is 2.55. The molecule has 1 aliphatic rings. The van der Waals surface area contributed by atoms with Crippen LogP contribution >= 0.6 is 0 Å². The summed E-state index contributed by atoms with van der Waals surface area (Å²) >= 11 is 0. The Balaban J connectivity index is 1.57. The standard InChI is InChI=1S/C18H23N3O2/c1-12-6-8-13(9-7-12)19-17(22)11-10-16-20-15-5-3-2-4-14(15)18(23)21-16/h2-5,12-13H,6-11H2,1H3,(H,19,22)(H,20,21,23). The molecule has 1 aromatic heterocycles. The summed E-state index contributed by atoms with van der Waals surface area (Å²) in [6.45, 7) is 2.26. The highest BCUT2D eigenvalue weighted by Crippen LogP contribution is 2.23. The van der Waals surface area contributed by atoms with Gasteiger partial charge in [-0.25, -0.2) is 4.98 Å². The first-order chi connectivity index (χ1) is 11.1. The number of aromatic amines is 1. The zero-order valence-corrected chi connectivity index (χ0v) is 13.5. The van der Waals surface area contributed by atoms with Crippen molar-refractivity contribution in [3.8, 4) is 0 Å². The van der Waals surface area contributed by atoms with E-state index in [4.69, 9.17) is 0 Å². The first kappa shape index (κ1) is 15.7. The summed E-state index contributed by atoms with van der Waals surface area (Å²) in [7, 11) is 0. The minimum absolute atomic E-state index is 0.0420. The molecule has 1 aliphatic carbocycles. The van der Waals surface area contributed by atoms with Crippen LogP contribution in [0.5, 0.6) is 0 Å². The van der Waals surface area contributed by atoms with Crippen LogP contribution in [0.3, 0.4) is 0 Å². The molecular formula is C18H23N3O2. The molecule has 1 aromatic carbocycles. The molecule has 5 heteroatoms. The van der Waals surface area contributed by atoms with Crippen molar-refractivity contribution in [3.05, 3.63) is 40.4 Å². The van der Waals surface area contributed by atoms with Gasteiger partial charge in [0.05, 0.1) is 10.9 Å². The van der Waals surface area contributed by atoms with Crippen LogP contribution in [0.2, 0.25) is 0 Å². The molecule has 0 unspecified atom stereocenters. The quantitative estimate of drug-likeness (QED) is 0.911. The Morgan fingerprint density at radius 2 is 2.00 bits per heavy atom. The SMILES string of the molecule is CC1CCC(NC(=O)CCc2nc3ccccc3c(=O)[nH]2)CC1. The maximum Gasteiger partial charge on any atom is 0.258 e. The number of nitrogens with one attached hydrogen (secondary N) is 2. The van der Waals surface area contributed by atoms with Crippen LogP contribution in [-0.4, -0.2) is 21.9 Å². The number of rotatable bonds is 4. The number of aromatic nitrogens is 2. The van der Waals surface area contributed by atoms with E-state index in [0.717, 1.165) is 18.8 Å². The van der Waals surface area contributed by atoms with Gasteiger partial charge in [0.1, 0.15) is 5.82 Å². The van der Waals surface area contributed by atoms with Crippen molar-refractivity contribution in [2.24, 2.45) is 5.92 Å². The van der Waals surface area contributed by atoms with Crippen molar-refractivity contribution in [1.29, 1.82) is 0 Å². The normalized spacial score (nSPS) is 21.3. The van der Waals surface area contributed by atoms with Gasteiger partial charge in [0.2, 0.25) is 5.91 Å². The fraction of sp³-hybridized carbons (Fsp3) is 0.500. The smallest absolute Gasteiger partial charge is 0.258 e. The Labute approximate surface area is 135 Å². The van der Waals surface area contributed by atoms with Gasteiger partial charge in [-0.3, -0.25) is 9.59 Å². The second-order valence-corrected chi connectivity index (χ2v) is 6.55. The van der Waals surface area contributed by atoms with E-state index in [1.54, 1.807) is 6.07 Å². The lowest BCUT2D eigenvalue weighted by atomic mass is 9.87. The molecule has 1 fully saturated rings. The monoisotopic (exact) mass is 313 g/mol. The first-order valence-electron chi connectivity index (χ1n) is 8.39. The average molecular weight is 313 g/mol. The molecule has 0 saturated heterocycles. The zero-order valence-electron chi connectivity index (χ0n) is 13.5. The van der Waals surface area contributed by atoms with Crippen LogP contribution in [-0.2, 0) is 11.2 Å². The molecule has 5 nitrogen and oxygen atoms in total. The second kappa shape index (κ2) is 6.94. The molecule has 0 atom stereocenters. The molecule has 0 bridgehead atoms. The molecule has 23 heavy (non-hydrogen) atoms. The molecule has 3 rings (SSSR count). The van der Waals surface area contributed by atoms with E-state index in [2.05, 4.69) is 22.2 Å². The molecule has 2 N–H and O–H groups in total. The highest BCUT2D eigenvalue weighted by Gasteiger charge is 2.19. The predicted molar refractivity (Wildman–Crippen MR) is 90.2 cm³/mol. The number of carbonyl (C=O) groups is 1. The van der Waals surface area contributed by atoms with E-state index >= 15 is 0 Å². The van der Waals surface area contributed by atoms with Crippen molar-refractivity contribution in [1.82, 2.24) is 15.3 Å². The van der Waals surface area contributed by atoms with Crippen molar-refractivity contribution in [2.45, 2.75) is 51.5 Å². The molecule has 2 aromatic rings. The summed E-state index contributed by atoms with van der Waals surface area (Å²) in [6.07, 6.45) is 5.31. The van der Waals surface area contributed by atoms with Gasteiger partial charge in [0, 0.05) is 18.9 Å². The minimum atomic E-state index is -0.146. The Morgan fingerprint density at radius 1 is 1.26 bits per heavy atom. The Morgan fingerprint density at radius 3 is 2.78 bits per heavy atom. The lowest BCUT2D eigenvalue weighted by Gasteiger charge is -2.26. The van der Waals surface area contributed by atoms with Crippen molar-refractivity contribution < 1.29 is 4.79 Å². The molecule has 0 radical (unpaired) electrons. The van der Waals surface area contributed by atoms with Crippen LogP contribution < -0.4 is 10.9 Å². The van der Waals surface area contributed by atoms with Gasteiger partial charge < -0.3 is 10.3 Å². The van der Waals surface area contributed by atoms with Gasteiger partial charge in [-0.15, -0.1) is 0 Å². The summed E-state index contributed by atoms with van der Waals surface area (Å²) in [5.74, 6) is 1.39. The number of benzene rings is 1. The fourth-order valence-electron chi connectivity index (χ4n) is 3.19. The van der Waals surface area contributed by atoms with E-state index in [0.29, 0.717) is 35.6 Å². The lowest BCUT2D eigenvalue weighted by Crippen LogP contribution is -2.37. The van der Waals surface area contributed by atoms with Crippen molar-refractivity contribution in [2.75, 3.05) is 0 Å². The summed E-state index contributed by atoms with van der Waals surface area (Å²) in [4.78, 5) is 31.3. The third-order valence-electron chi connectivity index (χ3n) is 4.63. The fourth-order valence-corrected chi connectivity index (χ4v) is 3.19. The minimum Gasteiger partial charge on any atom is -0.353 e. The highest BCUT2D eigenvalue weighted by atomic mass is 16.1. The van der Waals surface area contributed by atoms with Crippen molar-refractivity contribution >= 4 is 16.8 Å². The number of H-pyrrole nitrogens is 1.